The summed E-state index contributed by atoms with van der Waals surface area (Å²) in [6, 6.07) is 0. The molecule has 68 valence electrons. The van der Waals surface area contributed by atoms with Crippen LogP contribution in [0.4, 0.5) is 0 Å². The van der Waals surface area contributed by atoms with Crippen molar-refractivity contribution in [2.45, 2.75) is 52.4 Å². The first-order chi connectivity index (χ1) is 5.41. The predicted octanol–water partition coefficient (Wildman–Crippen LogP) is 2.96. The molecule has 0 aliphatic rings. The molecule has 0 heterocycles. The number of hydrogen-bond donors (Lipinski definition) is 1. The molecule has 0 rings (SSSR count). The quantitative estimate of drug-likeness (QED) is 0.534. The first kappa shape index (κ1) is 11.0. The van der Waals surface area contributed by atoms with E-state index in [0.29, 0.717) is 0 Å². The van der Waals surface area contributed by atoms with Gasteiger partial charge in [0.25, 0.3) is 0 Å². The molecule has 1 N–H and O–H groups in total. The smallest absolute Gasteiger partial charge is 0.00489 e. The third-order valence-corrected chi connectivity index (χ3v) is 1.91. The van der Waals surface area contributed by atoms with Crippen molar-refractivity contribution < 1.29 is 0 Å². The summed E-state index contributed by atoms with van der Waals surface area (Å²) in [6.45, 7) is 6.92. The third kappa shape index (κ3) is 9.96. The summed E-state index contributed by atoms with van der Waals surface area (Å²) in [5.41, 5.74) is 0. The van der Waals surface area contributed by atoms with Crippen molar-refractivity contribution in [1.82, 2.24) is 5.32 Å². The molecule has 0 aliphatic carbocycles. The van der Waals surface area contributed by atoms with Crippen molar-refractivity contribution >= 4 is 0 Å². The maximum absolute atomic E-state index is 3.45. The van der Waals surface area contributed by atoms with Crippen LogP contribution < -0.4 is 5.32 Å². The average Bonchev–Trinajstić information content (AvgIpc) is 2.03. The summed E-state index contributed by atoms with van der Waals surface area (Å²) in [4.78, 5) is 0. The van der Waals surface area contributed by atoms with Crippen molar-refractivity contribution in [3.63, 3.8) is 0 Å². The zero-order valence-electron chi connectivity index (χ0n) is 8.16. The van der Waals surface area contributed by atoms with E-state index < -0.39 is 0 Å². The maximum atomic E-state index is 3.45. The summed E-state index contributed by atoms with van der Waals surface area (Å²) in [6.07, 6.45) is 8.13. The van der Waals surface area contributed by atoms with Crippen molar-refractivity contribution in [3.8, 4) is 0 Å². The first-order valence-corrected chi connectivity index (χ1v) is 5.12. The second-order valence-corrected chi connectivity index (χ2v) is 3.16. The lowest BCUT2D eigenvalue weighted by atomic mass is 10.2. The highest BCUT2D eigenvalue weighted by molar-refractivity contribution is 4.47. The van der Waals surface area contributed by atoms with Crippen LogP contribution in [0.5, 0.6) is 0 Å². The van der Waals surface area contributed by atoms with E-state index in [-0.39, 0.29) is 0 Å². The Morgan fingerprint density at radius 2 is 1.36 bits per heavy atom. The lowest BCUT2D eigenvalue weighted by Crippen LogP contribution is -2.16. The zero-order valence-corrected chi connectivity index (χ0v) is 8.16. The summed E-state index contributed by atoms with van der Waals surface area (Å²) in [7, 11) is 0. The Morgan fingerprint density at radius 1 is 0.727 bits per heavy atom. The fourth-order valence-electron chi connectivity index (χ4n) is 1.10. The van der Waals surface area contributed by atoms with Gasteiger partial charge < -0.3 is 5.32 Å². The van der Waals surface area contributed by atoms with Crippen LogP contribution in [0.25, 0.3) is 0 Å². The molecule has 0 saturated carbocycles. The molecule has 0 unspecified atom stereocenters. The number of nitrogens with one attached hydrogen (secondary N) is 1. The van der Waals surface area contributed by atoms with Crippen LogP contribution in [-0.4, -0.2) is 13.1 Å². The minimum Gasteiger partial charge on any atom is -0.317 e. The molecule has 1 heteroatoms. The van der Waals surface area contributed by atoms with E-state index in [2.05, 4.69) is 19.2 Å². The largest absolute Gasteiger partial charge is 0.317 e. The summed E-state index contributed by atoms with van der Waals surface area (Å²) in [5.74, 6) is 0. The van der Waals surface area contributed by atoms with E-state index in [1.165, 1.54) is 51.6 Å². The van der Waals surface area contributed by atoms with E-state index in [1.54, 1.807) is 0 Å². The molecule has 0 aromatic heterocycles. The van der Waals surface area contributed by atoms with Gasteiger partial charge in [0, 0.05) is 0 Å². The van der Waals surface area contributed by atoms with Crippen molar-refractivity contribution in [3.05, 3.63) is 0 Å². The van der Waals surface area contributed by atoms with Gasteiger partial charge in [-0.2, -0.15) is 0 Å². The van der Waals surface area contributed by atoms with E-state index in [4.69, 9.17) is 0 Å². The van der Waals surface area contributed by atoms with Crippen molar-refractivity contribution in [2.75, 3.05) is 13.1 Å². The van der Waals surface area contributed by atoms with Gasteiger partial charge in [-0.05, 0) is 25.9 Å². The lowest BCUT2D eigenvalue weighted by Gasteiger charge is -2.02. The van der Waals surface area contributed by atoms with E-state index in [9.17, 15) is 0 Å². The zero-order chi connectivity index (χ0) is 8.36. The third-order valence-electron chi connectivity index (χ3n) is 1.91. The van der Waals surface area contributed by atoms with E-state index >= 15 is 0 Å². The van der Waals surface area contributed by atoms with Gasteiger partial charge in [-0.1, -0.05) is 39.5 Å². The molecular weight excluding hydrogens is 134 g/mol. The second kappa shape index (κ2) is 9.96. The van der Waals surface area contributed by atoms with Crippen LogP contribution in [0.3, 0.4) is 0 Å². The first-order valence-electron chi connectivity index (χ1n) is 5.12. The van der Waals surface area contributed by atoms with Gasteiger partial charge in [-0.15, -0.1) is 0 Å². The molecule has 0 bridgehead atoms. The molecule has 0 aromatic carbocycles. The van der Waals surface area contributed by atoms with E-state index in [1.807, 2.05) is 0 Å². The minimum atomic E-state index is 1.21. The van der Waals surface area contributed by atoms with Crippen LogP contribution >= 0.6 is 0 Å². The van der Waals surface area contributed by atoms with Gasteiger partial charge >= 0.3 is 0 Å². The normalized spacial score (nSPS) is 10.4. The summed E-state index contributed by atoms with van der Waals surface area (Å²) in [5, 5.41) is 3.45. The summed E-state index contributed by atoms with van der Waals surface area (Å²) >= 11 is 0. The fraction of sp³-hybridized carbons (Fsp3) is 1.00. The van der Waals surface area contributed by atoms with Crippen LogP contribution in [-0.2, 0) is 0 Å². The molecule has 1 nitrogen and oxygen atoms in total. The average molecular weight is 157 g/mol. The molecule has 0 saturated heterocycles. The fourth-order valence-corrected chi connectivity index (χ4v) is 1.10. The molecule has 0 atom stereocenters. The van der Waals surface area contributed by atoms with Gasteiger partial charge in [0.2, 0.25) is 0 Å². The Morgan fingerprint density at radius 3 is 2.00 bits per heavy atom. The van der Waals surface area contributed by atoms with Gasteiger partial charge in [0.15, 0.2) is 0 Å². The number of unbranched alkanes of at least 4 members (excludes halogenated alkanes) is 4. The Labute approximate surface area is 71.6 Å². The Hall–Kier alpha value is -0.0400. The van der Waals surface area contributed by atoms with Crippen LogP contribution in [0.15, 0.2) is 0 Å². The van der Waals surface area contributed by atoms with Crippen LogP contribution in [0, 0.1) is 0 Å². The SMILES string of the molecule is CCCCCCNCCCC. The second-order valence-electron chi connectivity index (χ2n) is 3.16. The Balaban J connectivity index is 2.69. The molecule has 0 fully saturated rings. The number of hydrogen-bond acceptors (Lipinski definition) is 1. The molecule has 0 amide bonds. The highest BCUT2D eigenvalue weighted by Crippen LogP contribution is 1.96. The highest BCUT2D eigenvalue weighted by atomic mass is 14.8. The maximum Gasteiger partial charge on any atom is -0.00489 e. The number of rotatable bonds is 8. The van der Waals surface area contributed by atoms with Gasteiger partial charge in [-0.3, -0.25) is 0 Å². The monoisotopic (exact) mass is 157 g/mol. The van der Waals surface area contributed by atoms with Crippen LogP contribution in [0.1, 0.15) is 52.4 Å². The van der Waals surface area contributed by atoms with Crippen molar-refractivity contribution in [1.29, 1.82) is 0 Å². The van der Waals surface area contributed by atoms with Gasteiger partial charge in [-0.25, -0.2) is 0 Å². The molecule has 0 spiro atoms. The summed E-state index contributed by atoms with van der Waals surface area (Å²) < 4.78 is 0. The Bertz CT molecular complexity index is 53.9. The molecule has 11 heavy (non-hydrogen) atoms. The Kier molecular flexibility index (Phi) is 9.92. The van der Waals surface area contributed by atoms with Crippen LogP contribution in [0.2, 0.25) is 0 Å². The van der Waals surface area contributed by atoms with Gasteiger partial charge in [0.1, 0.15) is 0 Å². The topological polar surface area (TPSA) is 12.0 Å². The molecule has 0 aromatic rings. The predicted molar refractivity (Wildman–Crippen MR) is 51.9 cm³/mol. The highest BCUT2D eigenvalue weighted by Gasteiger charge is 1.87. The molecule has 0 aliphatic heterocycles. The molecule has 0 radical (unpaired) electrons. The minimum absolute atomic E-state index is 1.21. The van der Waals surface area contributed by atoms with E-state index in [0.717, 1.165) is 0 Å². The van der Waals surface area contributed by atoms with Crippen molar-refractivity contribution in [2.24, 2.45) is 0 Å². The molecular formula is C10H23N. The van der Waals surface area contributed by atoms with Gasteiger partial charge in [0.05, 0.1) is 0 Å². The standard InChI is InChI=1S/C10H23N/c1-3-5-7-8-10-11-9-6-4-2/h11H,3-10H2,1-2H3. The lowest BCUT2D eigenvalue weighted by molar-refractivity contribution is 0.582.